The SMILES string of the molecule is CC(C)(C)C(=O)OCC1(C(=O)ON2OC[C@H](N=CN3CCCCCC3)C2=O)CCC(=O)O1. The van der Waals surface area contributed by atoms with Gasteiger partial charge >= 0.3 is 23.8 Å². The van der Waals surface area contributed by atoms with Crippen LogP contribution in [0.2, 0.25) is 0 Å². The van der Waals surface area contributed by atoms with E-state index in [1.54, 1.807) is 27.1 Å². The third-order valence-electron chi connectivity index (χ3n) is 5.49. The average molecular weight is 453 g/mol. The van der Waals surface area contributed by atoms with Gasteiger partial charge in [-0.2, -0.15) is 0 Å². The van der Waals surface area contributed by atoms with Crippen molar-refractivity contribution >= 4 is 30.2 Å². The quantitative estimate of drug-likeness (QED) is 0.331. The Hall–Kier alpha value is -2.69. The number of aliphatic imine (C=N–C) groups is 1. The summed E-state index contributed by atoms with van der Waals surface area (Å²) in [4.78, 5) is 65.8. The fourth-order valence-corrected chi connectivity index (χ4v) is 3.44. The maximum absolute atomic E-state index is 12.8. The van der Waals surface area contributed by atoms with Gasteiger partial charge in [0.1, 0.15) is 13.2 Å². The van der Waals surface area contributed by atoms with Crippen LogP contribution in [-0.2, 0) is 38.3 Å². The number of cyclic esters (lactones) is 1. The molecule has 0 aromatic rings. The molecule has 1 amide bonds. The highest BCUT2D eigenvalue weighted by atomic mass is 17.0. The lowest BCUT2D eigenvalue weighted by Crippen LogP contribution is -2.48. The first-order valence-electron chi connectivity index (χ1n) is 11.0. The van der Waals surface area contributed by atoms with Gasteiger partial charge in [-0.15, -0.1) is 0 Å². The topological polar surface area (TPSA) is 124 Å². The van der Waals surface area contributed by atoms with E-state index in [0.29, 0.717) is 5.23 Å². The van der Waals surface area contributed by atoms with Crippen molar-refractivity contribution in [2.45, 2.75) is 70.9 Å². The van der Waals surface area contributed by atoms with E-state index in [9.17, 15) is 19.2 Å². The minimum atomic E-state index is -1.82. The Morgan fingerprint density at radius 1 is 1.19 bits per heavy atom. The molecule has 0 aliphatic carbocycles. The lowest BCUT2D eigenvalue weighted by molar-refractivity contribution is -0.310. The van der Waals surface area contributed by atoms with E-state index in [0.717, 1.165) is 25.9 Å². The molecular weight excluding hydrogens is 422 g/mol. The highest BCUT2D eigenvalue weighted by Gasteiger charge is 2.53. The maximum atomic E-state index is 12.8. The van der Waals surface area contributed by atoms with Crippen molar-refractivity contribution in [2.24, 2.45) is 10.4 Å². The van der Waals surface area contributed by atoms with Gasteiger partial charge in [-0.3, -0.25) is 19.4 Å². The summed E-state index contributed by atoms with van der Waals surface area (Å²) in [5.41, 5.74) is -2.63. The fraction of sp³-hybridized carbons (Fsp3) is 0.762. The van der Waals surface area contributed by atoms with E-state index in [1.165, 1.54) is 12.8 Å². The summed E-state index contributed by atoms with van der Waals surface area (Å²) in [5, 5.41) is 0.465. The number of carbonyl (C=O) groups excluding carboxylic acids is 4. The molecule has 3 aliphatic rings. The molecule has 0 saturated carbocycles. The number of hydroxylamine groups is 2. The van der Waals surface area contributed by atoms with Gasteiger partial charge in [0, 0.05) is 19.5 Å². The van der Waals surface area contributed by atoms with Crippen molar-refractivity contribution < 1.29 is 38.3 Å². The van der Waals surface area contributed by atoms with Crippen LogP contribution in [0.1, 0.15) is 59.3 Å². The molecule has 0 bridgehead atoms. The second kappa shape index (κ2) is 9.85. The molecule has 3 aliphatic heterocycles. The summed E-state index contributed by atoms with van der Waals surface area (Å²) in [5.74, 6) is -2.88. The molecule has 3 rings (SSSR count). The molecule has 2 atom stereocenters. The van der Waals surface area contributed by atoms with Crippen molar-refractivity contribution in [1.29, 1.82) is 0 Å². The highest BCUT2D eigenvalue weighted by molar-refractivity contribution is 5.89. The number of amides is 1. The fourth-order valence-electron chi connectivity index (χ4n) is 3.44. The number of ether oxygens (including phenoxy) is 2. The summed E-state index contributed by atoms with van der Waals surface area (Å²) in [7, 11) is 0. The van der Waals surface area contributed by atoms with Gasteiger partial charge < -0.3 is 19.2 Å². The molecule has 32 heavy (non-hydrogen) atoms. The van der Waals surface area contributed by atoms with Crippen LogP contribution in [-0.4, -0.2) is 78.2 Å². The maximum Gasteiger partial charge on any atom is 0.382 e. The summed E-state index contributed by atoms with van der Waals surface area (Å²) in [6.45, 7) is 6.14. The molecule has 178 valence electrons. The molecule has 0 aromatic carbocycles. The molecule has 3 saturated heterocycles. The van der Waals surface area contributed by atoms with E-state index in [1.807, 2.05) is 0 Å². The van der Waals surface area contributed by atoms with E-state index < -0.39 is 47.5 Å². The van der Waals surface area contributed by atoms with Gasteiger partial charge in [0.15, 0.2) is 6.04 Å². The molecule has 3 fully saturated rings. The highest BCUT2D eigenvalue weighted by Crippen LogP contribution is 2.31. The molecule has 0 radical (unpaired) electrons. The molecule has 0 aromatic heterocycles. The van der Waals surface area contributed by atoms with Crippen molar-refractivity contribution in [3.05, 3.63) is 0 Å². The van der Waals surface area contributed by atoms with Gasteiger partial charge in [-0.25, -0.2) is 9.63 Å². The lowest BCUT2D eigenvalue weighted by Gasteiger charge is -2.27. The van der Waals surface area contributed by atoms with Crippen molar-refractivity contribution in [3.63, 3.8) is 0 Å². The smallest absolute Gasteiger partial charge is 0.382 e. The van der Waals surface area contributed by atoms with E-state index in [2.05, 4.69) is 9.89 Å². The van der Waals surface area contributed by atoms with Crippen LogP contribution >= 0.6 is 0 Å². The Balaban J connectivity index is 1.59. The molecule has 1 unspecified atom stereocenters. The van der Waals surface area contributed by atoms with E-state index in [-0.39, 0.29) is 19.4 Å². The Kier molecular flexibility index (Phi) is 7.37. The summed E-state index contributed by atoms with van der Waals surface area (Å²) in [6.07, 6.45) is 6.07. The van der Waals surface area contributed by atoms with Crippen LogP contribution in [0.5, 0.6) is 0 Å². The number of nitrogens with zero attached hydrogens (tertiary/aromatic N) is 3. The van der Waals surface area contributed by atoms with Gasteiger partial charge in [-0.05, 0) is 38.8 Å². The summed E-state index contributed by atoms with van der Waals surface area (Å²) >= 11 is 0. The van der Waals surface area contributed by atoms with Crippen molar-refractivity contribution in [1.82, 2.24) is 10.1 Å². The molecule has 11 heteroatoms. The predicted octanol–water partition coefficient (Wildman–Crippen LogP) is 1.16. The van der Waals surface area contributed by atoms with Crippen LogP contribution in [0, 0.1) is 5.41 Å². The van der Waals surface area contributed by atoms with Crippen LogP contribution < -0.4 is 0 Å². The largest absolute Gasteiger partial charge is 0.460 e. The van der Waals surface area contributed by atoms with E-state index in [4.69, 9.17) is 19.1 Å². The number of hydrogen-bond acceptors (Lipinski definition) is 9. The minimum absolute atomic E-state index is 0.0410. The second-order valence-electron chi connectivity index (χ2n) is 9.29. The first kappa shape index (κ1) is 24.0. The van der Waals surface area contributed by atoms with Crippen molar-refractivity contribution in [3.8, 4) is 0 Å². The zero-order valence-electron chi connectivity index (χ0n) is 18.8. The minimum Gasteiger partial charge on any atom is -0.460 e. The molecule has 3 heterocycles. The second-order valence-corrected chi connectivity index (χ2v) is 9.29. The number of hydrogen-bond donors (Lipinski definition) is 0. The predicted molar refractivity (Wildman–Crippen MR) is 110 cm³/mol. The Bertz CT molecular complexity index is 769. The number of esters is 2. The van der Waals surface area contributed by atoms with Crippen LogP contribution in [0.15, 0.2) is 4.99 Å². The van der Waals surface area contributed by atoms with Gasteiger partial charge in [-0.1, -0.05) is 12.8 Å². The van der Waals surface area contributed by atoms with Crippen LogP contribution in [0.4, 0.5) is 0 Å². The third-order valence-corrected chi connectivity index (χ3v) is 5.49. The van der Waals surface area contributed by atoms with Crippen LogP contribution in [0.3, 0.4) is 0 Å². The van der Waals surface area contributed by atoms with Gasteiger partial charge in [0.25, 0.3) is 0 Å². The normalized spacial score (nSPS) is 26.9. The van der Waals surface area contributed by atoms with Gasteiger partial charge in [0.05, 0.1) is 18.2 Å². The first-order chi connectivity index (χ1) is 15.1. The molecule has 11 nitrogen and oxygen atoms in total. The number of carbonyl (C=O) groups is 4. The lowest BCUT2D eigenvalue weighted by atomic mass is 9.97. The van der Waals surface area contributed by atoms with Gasteiger partial charge in [0.2, 0.25) is 5.60 Å². The summed E-state index contributed by atoms with van der Waals surface area (Å²) in [6, 6.07) is -0.841. The molecular formula is C21H31N3O8. The molecule has 0 N–H and O–H groups in total. The zero-order chi connectivity index (χ0) is 23.4. The summed E-state index contributed by atoms with van der Waals surface area (Å²) < 4.78 is 10.4. The Morgan fingerprint density at radius 2 is 1.88 bits per heavy atom. The monoisotopic (exact) mass is 453 g/mol. The number of likely N-dealkylation sites (tertiary alicyclic amines) is 1. The first-order valence-corrected chi connectivity index (χ1v) is 11.0. The third kappa shape index (κ3) is 5.76. The van der Waals surface area contributed by atoms with Crippen molar-refractivity contribution in [2.75, 3.05) is 26.3 Å². The number of rotatable bonds is 6. The average Bonchev–Trinajstić information content (AvgIpc) is 3.16. The molecule has 0 spiro atoms. The van der Waals surface area contributed by atoms with Crippen LogP contribution in [0.25, 0.3) is 0 Å². The van der Waals surface area contributed by atoms with E-state index >= 15 is 0 Å². The zero-order valence-corrected chi connectivity index (χ0v) is 18.8. The standard InChI is InChI=1S/C21H31N3O8/c1-20(2,3)18(27)29-13-21(9-8-16(25)31-21)19(28)32-24-17(26)15(12-30-24)22-14-23-10-6-4-5-7-11-23/h14-15H,4-13H2,1-3H3/t15-,21?/m0/s1. The Morgan fingerprint density at radius 3 is 2.47 bits per heavy atom. The Labute approximate surface area is 186 Å².